The summed E-state index contributed by atoms with van der Waals surface area (Å²) in [6.07, 6.45) is 2.35. The van der Waals surface area contributed by atoms with Crippen LogP contribution in [0.3, 0.4) is 0 Å². The van der Waals surface area contributed by atoms with Gasteiger partial charge in [-0.1, -0.05) is 49.7 Å². The molecule has 1 N–H and O–H groups in total. The first-order chi connectivity index (χ1) is 12.7. The highest BCUT2D eigenvalue weighted by atomic mass is 16.5. The lowest BCUT2D eigenvalue weighted by atomic mass is 9.90. The third kappa shape index (κ3) is 4.85. The monoisotopic (exact) mass is 366 g/mol. The molecule has 0 saturated heterocycles. The summed E-state index contributed by atoms with van der Waals surface area (Å²) in [4.78, 5) is 24.2. The number of Topliss-reactive ketones (excluding diaryl/α,β-unsaturated/α-hetero) is 1. The summed E-state index contributed by atoms with van der Waals surface area (Å²) < 4.78 is 5.29. The molecule has 0 saturated carbocycles. The number of carboxylic acids is 1. The minimum atomic E-state index is -1.03. The van der Waals surface area contributed by atoms with Crippen LogP contribution in [0.5, 0.6) is 5.75 Å². The van der Waals surface area contributed by atoms with Gasteiger partial charge in [0.2, 0.25) is 0 Å². The summed E-state index contributed by atoms with van der Waals surface area (Å²) in [5.41, 5.74) is 3.75. The Balaban J connectivity index is 2.73. The minimum Gasteiger partial charge on any atom is -0.496 e. The summed E-state index contributed by atoms with van der Waals surface area (Å²) in [5.74, 6) is -0.364. The van der Waals surface area contributed by atoms with Gasteiger partial charge in [-0.15, -0.1) is 0 Å². The molecule has 4 nitrogen and oxygen atoms in total. The van der Waals surface area contributed by atoms with Crippen molar-refractivity contribution in [2.24, 2.45) is 5.92 Å². The van der Waals surface area contributed by atoms with Gasteiger partial charge in [0.15, 0.2) is 5.78 Å². The fraction of sp³-hybridized carbons (Fsp3) is 0.304. The number of aryl methyl sites for hydroxylation is 1. The Morgan fingerprint density at radius 2 is 1.89 bits per heavy atom. The number of ketones is 1. The summed E-state index contributed by atoms with van der Waals surface area (Å²) in [6.45, 7) is 7.59. The maximum atomic E-state index is 12.1. The maximum Gasteiger partial charge on any atom is 0.336 e. The fourth-order valence-corrected chi connectivity index (χ4v) is 3.18. The van der Waals surface area contributed by atoms with Crippen LogP contribution in [0, 0.1) is 12.8 Å². The second kappa shape index (κ2) is 8.67. The first kappa shape index (κ1) is 20.4. The molecule has 2 rings (SSSR count). The highest BCUT2D eigenvalue weighted by molar-refractivity contribution is 6.22. The van der Waals surface area contributed by atoms with Crippen LogP contribution >= 0.6 is 0 Å². The van der Waals surface area contributed by atoms with Crippen molar-refractivity contribution in [1.82, 2.24) is 0 Å². The number of rotatable bonds is 7. The zero-order chi connectivity index (χ0) is 20.1. The molecule has 0 fully saturated rings. The second-order valence-electron chi connectivity index (χ2n) is 7.10. The van der Waals surface area contributed by atoms with E-state index in [2.05, 4.69) is 13.8 Å². The van der Waals surface area contributed by atoms with Gasteiger partial charge >= 0.3 is 5.97 Å². The topological polar surface area (TPSA) is 63.6 Å². The Morgan fingerprint density at radius 3 is 2.44 bits per heavy atom. The van der Waals surface area contributed by atoms with Crippen molar-refractivity contribution < 1.29 is 19.4 Å². The largest absolute Gasteiger partial charge is 0.496 e. The van der Waals surface area contributed by atoms with Gasteiger partial charge in [-0.25, -0.2) is 4.79 Å². The zero-order valence-electron chi connectivity index (χ0n) is 16.5. The van der Waals surface area contributed by atoms with E-state index in [-0.39, 0.29) is 11.4 Å². The predicted molar refractivity (Wildman–Crippen MR) is 108 cm³/mol. The molecule has 0 aliphatic carbocycles. The standard InChI is InChI=1S/C23H26O4/c1-14(2)11-17-10-9-15(3)12-19(17)20(23(25)26)13-18-7-6-8-21(27-5)22(18)16(4)24/h6-10,12-14H,11H2,1-5H3,(H,25,26)/b20-13+. The second-order valence-corrected chi connectivity index (χ2v) is 7.10. The number of aliphatic carboxylic acids is 1. The van der Waals surface area contributed by atoms with E-state index in [0.717, 1.165) is 17.5 Å². The molecule has 27 heavy (non-hydrogen) atoms. The molecule has 0 aliphatic rings. The number of carbonyl (C=O) groups excluding carboxylic acids is 1. The summed E-state index contributed by atoms with van der Waals surface area (Å²) in [7, 11) is 1.49. The van der Waals surface area contributed by atoms with Crippen LogP contribution in [-0.4, -0.2) is 24.0 Å². The number of methoxy groups -OCH3 is 1. The van der Waals surface area contributed by atoms with Crippen molar-refractivity contribution in [1.29, 1.82) is 0 Å². The molecule has 0 aromatic heterocycles. The Hall–Kier alpha value is -2.88. The molecule has 0 heterocycles. The van der Waals surface area contributed by atoms with E-state index in [4.69, 9.17) is 4.74 Å². The van der Waals surface area contributed by atoms with Crippen molar-refractivity contribution in [3.05, 3.63) is 64.2 Å². The molecule has 0 aliphatic heterocycles. The van der Waals surface area contributed by atoms with Crippen LogP contribution < -0.4 is 4.74 Å². The van der Waals surface area contributed by atoms with Crippen LogP contribution in [0.25, 0.3) is 11.6 Å². The lowest BCUT2D eigenvalue weighted by Crippen LogP contribution is -2.07. The molecule has 0 radical (unpaired) electrons. The first-order valence-electron chi connectivity index (χ1n) is 8.97. The summed E-state index contributed by atoms with van der Waals surface area (Å²) >= 11 is 0. The maximum absolute atomic E-state index is 12.1. The molecule has 142 valence electrons. The third-order valence-electron chi connectivity index (χ3n) is 4.34. The van der Waals surface area contributed by atoms with Crippen LogP contribution in [0.15, 0.2) is 36.4 Å². The van der Waals surface area contributed by atoms with E-state index in [1.807, 2.05) is 25.1 Å². The summed E-state index contributed by atoms with van der Waals surface area (Å²) in [6, 6.07) is 11.1. The minimum absolute atomic E-state index is 0.171. The highest BCUT2D eigenvalue weighted by Crippen LogP contribution is 2.29. The molecule has 0 unspecified atom stereocenters. The highest BCUT2D eigenvalue weighted by Gasteiger charge is 2.19. The van der Waals surface area contributed by atoms with Crippen molar-refractivity contribution in [3.63, 3.8) is 0 Å². The number of hydrogen-bond donors (Lipinski definition) is 1. The van der Waals surface area contributed by atoms with Gasteiger partial charge in [0.1, 0.15) is 5.75 Å². The van der Waals surface area contributed by atoms with Crippen molar-refractivity contribution >= 4 is 23.4 Å². The van der Waals surface area contributed by atoms with E-state index < -0.39 is 5.97 Å². The molecular formula is C23H26O4. The third-order valence-corrected chi connectivity index (χ3v) is 4.34. The van der Waals surface area contributed by atoms with Crippen LogP contribution in [-0.2, 0) is 11.2 Å². The van der Waals surface area contributed by atoms with E-state index in [0.29, 0.717) is 28.4 Å². The lowest BCUT2D eigenvalue weighted by Gasteiger charge is -2.15. The number of hydrogen-bond acceptors (Lipinski definition) is 3. The van der Waals surface area contributed by atoms with Gasteiger partial charge in [0, 0.05) is 0 Å². The molecule has 0 atom stereocenters. The molecule has 0 bridgehead atoms. The van der Waals surface area contributed by atoms with Crippen molar-refractivity contribution in [2.45, 2.75) is 34.1 Å². The van der Waals surface area contributed by atoms with E-state index >= 15 is 0 Å². The number of carbonyl (C=O) groups is 2. The Bertz CT molecular complexity index is 891. The average molecular weight is 366 g/mol. The quantitative estimate of drug-likeness (QED) is 0.424. The normalized spacial score (nSPS) is 11.6. The van der Waals surface area contributed by atoms with Gasteiger partial charge in [0.25, 0.3) is 0 Å². The number of ether oxygens (including phenoxy) is 1. The van der Waals surface area contributed by atoms with Gasteiger partial charge in [-0.2, -0.15) is 0 Å². The smallest absolute Gasteiger partial charge is 0.336 e. The molecular weight excluding hydrogens is 340 g/mol. The first-order valence-corrected chi connectivity index (χ1v) is 8.97. The Morgan fingerprint density at radius 1 is 1.19 bits per heavy atom. The van der Waals surface area contributed by atoms with Crippen molar-refractivity contribution in [2.75, 3.05) is 7.11 Å². The zero-order valence-corrected chi connectivity index (χ0v) is 16.5. The summed E-state index contributed by atoms with van der Waals surface area (Å²) in [5, 5.41) is 9.91. The average Bonchev–Trinajstić information content (AvgIpc) is 2.60. The van der Waals surface area contributed by atoms with Gasteiger partial charge in [-0.3, -0.25) is 4.79 Å². The fourth-order valence-electron chi connectivity index (χ4n) is 3.18. The number of benzene rings is 2. The molecule has 0 spiro atoms. The van der Waals surface area contributed by atoms with Crippen LogP contribution in [0.2, 0.25) is 0 Å². The Kier molecular flexibility index (Phi) is 6.56. The van der Waals surface area contributed by atoms with Crippen LogP contribution in [0.1, 0.15) is 53.4 Å². The van der Waals surface area contributed by atoms with E-state index in [9.17, 15) is 14.7 Å². The number of carboxylic acid groups (broad SMARTS) is 1. The molecule has 2 aromatic rings. The van der Waals surface area contributed by atoms with E-state index in [1.165, 1.54) is 14.0 Å². The van der Waals surface area contributed by atoms with Gasteiger partial charge in [0.05, 0.1) is 18.2 Å². The lowest BCUT2D eigenvalue weighted by molar-refractivity contribution is -0.130. The Labute approximate surface area is 160 Å². The van der Waals surface area contributed by atoms with Gasteiger partial charge < -0.3 is 9.84 Å². The van der Waals surface area contributed by atoms with Crippen LogP contribution in [0.4, 0.5) is 0 Å². The molecule has 4 heteroatoms. The van der Waals surface area contributed by atoms with Crippen molar-refractivity contribution in [3.8, 4) is 5.75 Å². The van der Waals surface area contributed by atoms with E-state index in [1.54, 1.807) is 24.3 Å². The predicted octanol–water partition coefficient (Wildman–Crippen LogP) is 5.03. The molecule has 0 amide bonds. The SMILES string of the molecule is COc1cccc(/C=C(/C(=O)O)c2cc(C)ccc2CC(C)C)c1C(C)=O. The van der Waals surface area contributed by atoms with Gasteiger partial charge in [-0.05, 0) is 55.0 Å². The molecule has 2 aromatic carbocycles.